The van der Waals surface area contributed by atoms with E-state index in [2.05, 4.69) is 30.1 Å². The van der Waals surface area contributed by atoms with E-state index in [9.17, 15) is 5.26 Å². The fourth-order valence-corrected chi connectivity index (χ4v) is 4.49. The lowest BCUT2D eigenvalue weighted by Crippen LogP contribution is -2.26. The third kappa shape index (κ3) is 4.55. The second kappa shape index (κ2) is 9.86. The van der Waals surface area contributed by atoms with Crippen LogP contribution in [0.1, 0.15) is 36.0 Å². The Bertz CT molecular complexity index is 906. The summed E-state index contributed by atoms with van der Waals surface area (Å²) in [7, 11) is 7.16. The zero-order valence-electron chi connectivity index (χ0n) is 18.5. The van der Waals surface area contributed by atoms with Crippen molar-refractivity contribution in [3.8, 4) is 23.3 Å². The summed E-state index contributed by atoms with van der Waals surface area (Å²) >= 11 is 0. The number of methoxy groups -OCH3 is 3. The van der Waals surface area contributed by atoms with E-state index in [4.69, 9.17) is 14.2 Å². The summed E-state index contributed by atoms with van der Waals surface area (Å²) in [6.07, 6.45) is 4.62. The highest BCUT2D eigenvalue weighted by Crippen LogP contribution is 2.45. The molecule has 1 aliphatic carbocycles. The van der Waals surface area contributed by atoms with Crippen LogP contribution in [0.25, 0.3) is 0 Å². The summed E-state index contributed by atoms with van der Waals surface area (Å²) in [5.41, 5.74) is 3.22. The van der Waals surface area contributed by atoms with Crippen LogP contribution < -0.4 is 14.2 Å². The molecular formula is C25H32N2O3. The molecule has 5 heteroatoms. The molecule has 0 saturated heterocycles. The molecule has 0 N–H and O–H groups in total. The lowest BCUT2D eigenvalue weighted by molar-refractivity contribution is 0.315. The summed E-state index contributed by atoms with van der Waals surface area (Å²) in [5.74, 6) is 2.44. The van der Waals surface area contributed by atoms with Crippen molar-refractivity contribution in [1.29, 1.82) is 5.26 Å². The Hall–Kier alpha value is -2.71. The fourth-order valence-electron chi connectivity index (χ4n) is 4.49. The number of fused-ring (bicyclic) bond motifs is 1. The normalized spacial score (nSPS) is 17.5. The maximum absolute atomic E-state index is 10.0. The van der Waals surface area contributed by atoms with Crippen molar-refractivity contribution >= 4 is 0 Å². The molecule has 0 heterocycles. The van der Waals surface area contributed by atoms with Gasteiger partial charge in [0, 0.05) is 6.54 Å². The number of hydrogen-bond donors (Lipinski definition) is 0. The average Bonchev–Trinajstić information content (AvgIpc) is 3.16. The quantitative estimate of drug-likeness (QED) is 0.584. The molecule has 2 aromatic carbocycles. The maximum Gasteiger partial charge on any atom is 0.160 e. The molecule has 3 rings (SSSR count). The predicted molar refractivity (Wildman–Crippen MR) is 119 cm³/mol. The maximum atomic E-state index is 10.0. The van der Waals surface area contributed by atoms with Gasteiger partial charge in [0.25, 0.3) is 0 Å². The average molecular weight is 409 g/mol. The number of benzene rings is 2. The minimum atomic E-state index is -0.381. The van der Waals surface area contributed by atoms with Crippen LogP contribution in [0, 0.1) is 11.3 Å². The molecule has 0 fully saturated rings. The lowest BCUT2D eigenvalue weighted by atomic mass is 9.79. The number of nitrogens with zero attached hydrogens (tertiary/aromatic N) is 2. The van der Waals surface area contributed by atoms with Crippen molar-refractivity contribution in [2.75, 3.05) is 41.5 Å². The van der Waals surface area contributed by atoms with Gasteiger partial charge in [-0.15, -0.1) is 0 Å². The van der Waals surface area contributed by atoms with Gasteiger partial charge in [-0.1, -0.05) is 18.2 Å². The highest BCUT2D eigenvalue weighted by atomic mass is 16.5. The molecule has 1 unspecified atom stereocenters. The molecule has 0 aliphatic heterocycles. The molecule has 0 bridgehead atoms. The lowest BCUT2D eigenvalue weighted by Gasteiger charge is -2.24. The van der Waals surface area contributed by atoms with Gasteiger partial charge in [-0.25, -0.2) is 0 Å². The van der Waals surface area contributed by atoms with Gasteiger partial charge in [0.05, 0.1) is 32.8 Å². The topological polar surface area (TPSA) is 54.7 Å². The van der Waals surface area contributed by atoms with Gasteiger partial charge < -0.3 is 19.1 Å². The molecular weight excluding hydrogens is 376 g/mol. The van der Waals surface area contributed by atoms with Crippen LogP contribution in [0.15, 0.2) is 36.4 Å². The van der Waals surface area contributed by atoms with Gasteiger partial charge in [0.15, 0.2) is 11.5 Å². The van der Waals surface area contributed by atoms with Gasteiger partial charge in [-0.05, 0) is 80.6 Å². The minimum absolute atomic E-state index is 0.381. The first-order chi connectivity index (χ1) is 14.6. The van der Waals surface area contributed by atoms with Crippen molar-refractivity contribution in [2.24, 2.45) is 0 Å². The van der Waals surface area contributed by atoms with E-state index in [0.29, 0.717) is 0 Å². The van der Waals surface area contributed by atoms with Crippen molar-refractivity contribution < 1.29 is 14.2 Å². The Kier molecular flexibility index (Phi) is 7.23. The third-order valence-corrected chi connectivity index (χ3v) is 6.26. The number of rotatable bonds is 10. The molecule has 160 valence electrons. The third-order valence-electron chi connectivity index (χ3n) is 6.26. The Morgan fingerprint density at radius 2 is 1.77 bits per heavy atom. The second-order valence-corrected chi connectivity index (χ2v) is 8.03. The summed E-state index contributed by atoms with van der Waals surface area (Å²) in [6, 6.07) is 14.8. The molecule has 0 amide bonds. The molecule has 1 aliphatic rings. The first-order valence-corrected chi connectivity index (χ1v) is 10.5. The van der Waals surface area contributed by atoms with Crippen LogP contribution >= 0.6 is 0 Å². The second-order valence-electron chi connectivity index (χ2n) is 8.03. The summed E-state index contributed by atoms with van der Waals surface area (Å²) in [6.45, 7) is 1.93. The van der Waals surface area contributed by atoms with Crippen LogP contribution in [0.2, 0.25) is 0 Å². The summed E-state index contributed by atoms with van der Waals surface area (Å²) < 4.78 is 16.2. The van der Waals surface area contributed by atoms with E-state index < -0.39 is 0 Å². The van der Waals surface area contributed by atoms with Crippen LogP contribution in [-0.2, 0) is 18.3 Å². The zero-order chi connectivity index (χ0) is 21.6. The standard InChI is InChI=1S/C25H32N2O3/c1-27(16-12-19-9-10-23(29-3)24(17-19)30-4)15-6-13-25(18-26)14-11-20-21(25)7-5-8-22(20)28-2/h5,7-10,17H,6,11-16H2,1-4H3. The zero-order valence-corrected chi connectivity index (χ0v) is 18.5. The van der Waals surface area contributed by atoms with Crippen molar-refractivity contribution in [2.45, 2.75) is 37.5 Å². The van der Waals surface area contributed by atoms with Gasteiger partial charge in [0.1, 0.15) is 5.75 Å². The molecule has 30 heavy (non-hydrogen) atoms. The number of ether oxygens (including phenoxy) is 3. The van der Waals surface area contributed by atoms with E-state index >= 15 is 0 Å². The highest BCUT2D eigenvalue weighted by Gasteiger charge is 2.39. The van der Waals surface area contributed by atoms with Gasteiger partial charge in [-0.3, -0.25) is 0 Å². The van der Waals surface area contributed by atoms with Crippen molar-refractivity contribution in [1.82, 2.24) is 4.90 Å². The largest absolute Gasteiger partial charge is 0.496 e. The smallest absolute Gasteiger partial charge is 0.160 e. The van der Waals surface area contributed by atoms with Gasteiger partial charge >= 0.3 is 0 Å². The minimum Gasteiger partial charge on any atom is -0.496 e. The fraction of sp³-hybridized carbons (Fsp3) is 0.480. The Balaban J connectivity index is 1.54. The van der Waals surface area contributed by atoms with Crippen LogP contribution in [0.4, 0.5) is 0 Å². The van der Waals surface area contributed by atoms with Crippen molar-refractivity contribution in [3.63, 3.8) is 0 Å². The molecule has 0 spiro atoms. The molecule has 5 nitrogen and oxygen atoms in total. The molecule has 0 saturated carbocycles. The van der Waals surface area contributed by atoms with Gasteiger partial charge in [-0.2, -0.15) is 5.26 Å². The number of nitriles is 1. The van der Waals surface area contributed by atoms with E-state index in [1.165, 1.54) is 11.1 Å². The van der Waals surface area contributed by atoms with Crippen LogP contribution in [0.5, 0.6) is 17.2 Å². The first kappa shape index (κ1) is 22.0. The Labute approximate surface area is 180 Å². The summed E-state index contributed by atoms with van der Waals surface area (Å²) in [4.78, 5) is 2.34. The SMILES string of the molecule is COc1ccc(CCN(C)CCCC2(C#N)CCc3c(OC)cccc32)cc1OC. The van der Waals surface area contributed by atoms with Crippen LogP contribution in [0.3, 0.4) is 0 Å². The Morgan fingerprint density at radius 1 is 1.00 bits per heavy atom. The van der Waals surface area contributed by atoms with Crippen LogP contribution in [-0.4, -0.2) is 46.4 Å². The van der Waals surface area contributed by atoms with E-state index in [1.807, 2.05) is 24.3 Å². The monoisotopic (exact) mass is 408 g/mol. The first-order valence-electron chi connectivity index (χ1n) is 10.5. The summed E-state index contributed by atoms with van der Waals surface area (Å²) in [5, 5.41) is 10.0. The number of hydrogen-bond acceptors (Lipinski definition) is 5. The molecule has 2 aromatic rings. The van der Waals surface area contributed by atoms with E-state index in [1.54, 1.807) is 21.3 Å². The van der Waals surface area contributed by atoms with Gasteiger partial charge in [0.2, 0.25) is 0 Å². The van der Waals surface area contributed by atoms with Crippen molar-refractivity contribution in [3.05, 3.63) is 53.1 Å². The molecule has 0 aromatic heterocycles. The van der Waals surface area contributed by atoms with E-state index in [0.717, 1.165) is 68.0 Å². The Morgan fingerprint density at radius 3 is 2.47 bits per heavy atom. The predicted octanol–water partition coefficient (Wildman–Crippen LogP) is 4.37. The number of likely N-dealkylation sites (N-methyl/N-ethyl adjacent to an activating group) is 1. The van der Waals surface area contributed by atoms with E-state index in [-0.39, 0.29) is 5.41 Å². The molecule has 0 radical (unpaired) electrons. The highest BCUT2D eigenvalue weighted by molar-refractivity contribution is 5.51. The molecule has 1 atom stereocenters.